The SMILES string of the molecule is CCCCOc1nc(NC(=O)C(C)C)nc2c1ncn2CC(CO)CO. The molecule has 0 saturated heterocycles. The van der Waals surface area contributed by atoms with Crippen LogP contribution >= 0.6 is 0 Å². The Morgan fingerprint density at radius 1 is 1.31 bits per heavy atom. The molecule has 2 rings (SSSR count). The van der Waals surface area contributed by atoms with E-state index in [0.29, 0.717) is 30.2 Å². The Bertz CT molecular complexity index is 727. The first-order chi connectivity index (χ1) is 12.5. The Hall–Kier alpha value is -2.26. The fourth-order valence-corrected chi connectivity index (χ4v) is 2.23. The van der Waals surface area contributed by atoms with Gasteiger partial charge >= 0.3 is 0 Å². The Morgan fingerprint density at radius 3 is 2.65 bits per heavy atom. The molecule has 1 amide bonds. The smallest absolute Gasteiger partial charge is 0.247 e. The van der Waals surface area contributed by atoms with Gasteiger partial charge in [-0.3, -0.25) is 10.1 Å². The fourth-order valence-electron chi connectivity index (χ4n) is 2.23. The molecule has 0 aromatic carbocycles. The molecule has 2 aromatic rings. The minimum Gasteiger partial charge on any atom is -0.476 e. The van der Waals surface area contributed by atoms with E-state index >= 15 is 0 Å². The molecular formula is C17H27N5O4. The number of hydrogen-bond donors (Lipinski definition) is 3. The number of carbonyl (C=O) groups excluding carboxylic acids is 1. The van der Waals surface area contributed by atoms with Crippen LogP contribution in [-0.4, -0.2) is 55.5 Å². The Labute approximate surface area is 152 Å². The van der Waals surface area contributed by atoms with Crippen molar-refractivity contribution in [2.24, 2.45) is 11.8 Å². The number of rotatable bonds is 10. The van der Waals surface area contributed by atoms with Gasteiger partial charge in [-0.1, -0.05) is 27.2 Å². The third-order valence-electron chi connectivity index (χ3n) is 3.90. The van der Waals surface area contributed by atoms with Crippen molar-refractivity contribution in [2.45, 2.75) is 40.2 Å². The topological polar surface area (TPSA) is 122 Å². The summed E-state index contributed by atoms with van der Waals surface area (Å²) < 4.78 is 7.45. The summed E-state index contributed by atoms with van der Waals surface area (Å²) in [6.45, 7) is 6.14. The highest BCUT2D eigenvalue weighted by Crippen LogP contribution is 2.24. The van der Waals surface area contributed by atoms with E-state index in [0.717, 1.165) is 12.8 Å². The molecule has 9 nitrogen and oxygen atoms in total. The monoisotopic (exact) mass is 365 g/mol. The highest BCUT2D eigenvalue weighted by Gasteiger charge is 2.18. The molecule has 0 saturated carbocycles. The highest BCUT2D eigenvalue weighted by molar-refractivity contribution is 5.91. The van der Waals surface area contributed by atoms with Gasteiger partial charge in [0.15, 0.2) is 11.2 Å². The van der Waals surface area contributed by atoms with E-state index < -0.39 is 0 Å². The van der Waals surface area contributed by atoms with Crippen molar-refractivity contribution in [3.05, 3.63) is 6.33 Å². The van der Waals surface area contributed by atoms with Crippen LogP contribution in [0.15, 0.2) is 6.33 Å². The van der Waals surface area contributed by atoms with Crippen LogP contribution in [0.2, 0.25) is 0 Å². The summed E-state index contributed by atoms with van der Waals surface area (Å²) in [5, 5.41) is 21.3. The summed E-state index contributed by atoms with van der Waals surface area (Å²) in [5.41, 5.74) is 0.968. The number of nitrogens with zero attached hydrogens (tertiary/aromatic N) is 4. The maximum atomic E-state index is 12.0. The number of carbonyl (C=O) groups is 1. The number of imidazole rings is 1. The number of aromatic nitrogens is 4. The first-order valence-corrected chi connectivity index (χ1v) is 8.88. The molecule has 26 heavy (non-hydrogen) atoms. The summed E-state index contributed by atoms with van der Waals surface area (Å²) in [7, 11) is 0. The van der Waals surface area contributed by atoms with Crippen molar-refractivity contribution >= 4 is 23.0 Å². The van der Waals surface area contributed by atoms with Crippen LogP contribution in [0.3, 0.4) is 0 Å². The Balaban J connectivity index is 2.39. The molecule has 0 aliphatic rings. The van der Waals surface area contributed by atoms with Gasteiger partial charge in [0.2, 0.25) is 17.7 Å². The molecule has 0 bridgehead atoms. The zero-order valence-electron chi connectivity index (χ0n) is 15.5. The summed E-state index contributed by atoms with van der Waals surface area (Å²) in [5.74, 6) is -0.282. The summed E-state index contributed by atoms with van der Waals surface area (Å²) in [6.07, 6.45) is 3.42. The van der Waals surface area contributed by atoms with Gasteiger partial charge in [0, 0.05) is 31.6 Å². The van der Waals surface area contributed by atoms with Gasteiger partial charge in [0.05, 0.1) is 12.9 Å². The average molecular weight is 365 g/mol. The predicted molar refractivity (Wildman–Crippen MR) is 96.9 cm³/mol. The van der Waals surface area contributed by atoms with E-state index in [1.807, 2.05) is 0 Å². The van der Waals surface area contributed by atoms with E-state index in [-0.39, 0.29) is 36.9 Å². The zero-order chi connectivity index (χ0) is 19.1. The molecule has 0 aliphatic carbocycles. The number of hydrogen-bond acceptors (Lipinski definition) is 7. The number of aliphatic hydroxyl groups excluding tert-OH is 2. The minimum absolute atomic E-state index is 0.147. The van der Waals surface area contributed by atoms with Crippen molar-refractivity contribution in [2.75, 3.05) is 25.1 Å². The van der Waals surface area contributed by atoms with Gasteiger partial charge in [-0.25, -0.2) is 4.98 Å². The maximum Gasteiger partial charge on any atom is 0.247 e. The summed E-state index contributed by atoms with van der Waals surface area (Å²) >= 11 is 0. The molecule has 0 atom stereocenters. The number of anilines is 1. The zero-order valence-corrected chi connectivity index (χ0v) is 15.5. The van der Waals surface area contributed by atoms with Crippen molar-refractivity contribution in [1.82, 2.24) is 19.5 Å². The molecule has 144 valence electrons. The summed E-state index contributed by atoms with van der Waals surface area (Å²) in [6, 6.07) is 0. The Morgan fingerprint density at radius 2 is 2.04 bits per heavy atom. The first kappa shape index (κ1) is 20.1. The molecule has 9 heteroatoms. The van der Waals surface area contributed by atoms with Crippen LogP contribution in [0.5, 0.6) is 5.88 Å². The molecule has 0 radical (unpaired) electrons. The van der Waals surface area contributed by atoms with Crippen molar-refractivity contribution in [1.29, 1.82) is 0 Å². The lowest BCUT2D eigenvalue weighted by Crippen LogP contribution is -2.21. The first-order valence-electron chi connectivity index (χ1n) is 8.88. The van der Waals surface area contributed by atoms with Crippen LogP contribution in [0.25, 0.3) is 11.2 Å². The standard InChI is InChI=1S/C17H27N5O4/c1-4-5-6-26-16-13-14(19-17(21-16)20-15(25)11(2)3)22(10-18-13)7-12(8-23)9-24/h10-12,23-24H,4-9H2,1-3H3,(H,19,20,21,25). The predicted octanol–water partition coefficient (Wildman–Crippen LogP) is 1.20. The van der Waals surface area contributed by atoms with E-state index in [1.165, 1.54) is 0 Å². The second-order valence-corrected chi connectivity index (χ2v) is 6.50. The van der Waals surface area contributed by atoms with E-state index in [4.69, 9.17) is 4.74 Å². The highest BCUT2D eigenvalue weighted by atomic mass is 16.5. The lowest BCUT2D eigenvalue weighted by atomic mass is 10.2. The molecular weight excluding hydrogens is 338 g/mol. The maximum absolute atomic E-state index is 12.0. The van der Waals surface area contributed by atoms with Crippen LogP contribution in [0.4, 0.5) is 5.95 Å². The van der Waals surface area contributed by atoms with Crippen LogP contribution in [0, 0.1) is 11.8 Å². The van der Waals surface area contributed by atoms with Crippen LogP contribution < -0.4 is 10.1 Å². The molecule has 2 heterocycles. The number of ether oxygens (including phenoxy) is 1. The van der Waals surface area contributed by atoms with E-state index in [2.05, 4.69) is 27.2 Å². The second-order valence-electron chi connectivity index (χ2n) is 6.50. The molecule has 0 unspecified atom stereocenters. The van der Waals surface area contributed by atoms with Gasteiger partial charge < -0.3 is 19.5 Å². The van der Waals surface area contributed by atoms with Crippen molar-refractivity contribution in [3.63, 3.8) is 0 Å². The van der Waals surface area contributed by atoms with Crippen molar-refractivity contribution in [3.8, 4) is 5.88 Å². The number of amides is 1. The van der Waals surface area contributed by atoms with Crippen molar-refractivity contribution < 1.29 is 19.7 Å². The second kappa shape index (κ2) is 9.44. The normalized spacial score (nSPS) is 11.5. The Kier molecular flexibility index (Phi) is 7.28. The van der Waals surface area contributed by atoms with Gasteiger partial charge in [-0.05, 0) is 6.42 Å². The van der Waals surface area contributed by atoms with E-state index in [1.54, 1.807) is 24.7 Å². The average Bonchev–Trinajstić information content (AvgIpc) is 3.02. The number of aliphatic hydroxyl groups is 2. The number of unbranched alkanes of at least 4 members (excludes halogenated alkanes) is 1. The van der Waals surface area contributed by atoms with Crippen LogP contribution in [0.1, 0.15) is 33.6 Å². The van der Waals surface area contributed by atoms with Gasteiger partial charge in [-0.15, -0.1) is 0 Å². The minimum atomic E-state index is -0.333. The molecule has 0 spiro atoms. The lowest BCUT2D eigenvalue weighted by molar-refractivity contribution is -0.118. The van der Waals surface area contributed by atoms with Crippen LogP contribution in [-0.2, 0) is 11.3 Å². The third-order valence-corrected chi connectivity index (χ3v) is 3.90. The fraction of sp³-hybridized carbons (Fsp3) is 0.647. The van der Waals surface area contributed by atoms with Gasteiger partial charge in [0.1, 0.15) is 0 Å². The molecule has 0 aliphatic heterocycles. The third kappa shape index (κ3) is 4.89. The lowest BCUT2D eigenvalue weighted by Gasteiger charge is -2.13. The quantitative estimate of drug-likeness (QED) is 0.541. The van der Waals surface area contributed by atoms with Gasteiger partial charge in [-0.2, -0.15) is 9.97 Å². The largest absolute Gasteiger partial charge is 0.476 e. The molecule has 2 aromatic heterocycles. The number of nitrogens with one attached hydrogen (secondary N) is 1. The number of fused-ring (bicyclic) bond motifs is 1. The van der Waals surface area contributed by atoms with Gasteiger partial charge in [0.25, 0.3) is 0 Å². The summed E-state index contributed by atoms with van der Waals surface area (Å²) in [4.78, 5) is 25.0. The molecule has 3 N–H and O–H groups in total. The molecule has 0 fully saturated rings. The van der Waals surface area contributed by atoms with E-state index in [9.17, 15) is 15.0 Å².